The topological polar surface area (TPSA) is 46.3 Å². The molecule has 1 amide bonds. The molecule has 1 aliphatic heterocycles. The molecule has 1 aromatic heterocycles. The molecule has 1 saturated heterocycles. The number of nitrogens with zero attached hydrogens (tertiary/aromatic N) is 1. The molecule has 0 spiro atoms. The van der Waals surface area contributed by atoms with Gasteiger partial charge in [-0.2, -0.15) is 0 Å². The smallest absolute Gasteiger partial charge is 0.264 e. The first-order valence-corrected chi connectivity index (χ1v) is 7.42. The minimum absolute atomic E-state index is 0.142. The number of rotatable bonds is 1. The van der Waals surface area contributed by atoms with Crippen molar-refractivity contribution in [1.82, 2.24) is 4.90 Å². The molecule has 0 aliphatic carbocycles. The van der Waals surface area contributed by atoms with E-state index in [0.29, 0.717) is 0 Å². The van der Waals surface area contributed by atoms with E-state index in [1.54, 1.807) is 0 Å². The maximum Gasteiger partial charge on any atom is 0.264 e. The highest BCUT2D eigenvalue weighted by Crippen LogP contribution is 2.29. The third-order valence-corrected chi connectivity index (χ3v) is 5.37. The number of carbonyl (C=O) groups excluding carboxylic acids is 1. The monoisotopic (exact) mass is 316 g/mol. The van der Waals surface area contributed by atoms with E-state index in [1.807, 2.05) is 17.9 Å². The molecular formula is C12H17BrN2OS. The van der Waals surface area contributed by atoms with E-state index < -0.39 is 0 Å². The lowest BCUT2D eigenvalue weighted by Crippen LogP contribution is -2.48. The first-order valence-electron chi connectivity index (χ1n) is 5.81. The minimum atomic E-state index is 0.142. The quantitative estimate of drug-likeness (QED) is 0.866. The van der Waals surface area contributed by atoms with Crippen molar-refractivity contribution in [2.75, 3.05) is 6.54 Å². The molecule has 0 aromatic carbocycles. The van der Waals surface area contributed by atoms with Gasteiger partial charge in [-0.3, -0.25) is 4.79 Å². The SMILES string of the molecule is Cc1cc(C(=O)N2CCC(N)CC2C)sc1Br. The van der Waals surface area contributed by atoms with Gasteiger partial charge in [-0.05, 0) is 54.2 Å². The molecule has 94 valence electrons. The van der Waals surface area contributed by atoms with Crippen molar-refractivity contribution in [2.45, 2.75) is 38.8 Å². The molecule has 0 saturated carbocycles. The van der Waals surface area contributed by atoms with Gasteiger partial charge in [0.25, 0.3) is 5.91 Å². The Kier molecular flexibility index (Phi) is 3.90. The van der Waals surface area contributed by atoms with Crippen LogP contribution in [0.5, 0.6) is 0 Å². The highest BCUT2D eigenvalue weighted by atomic mass is 79.9. The molecule has 5 heteroatoms. The number of nitrogens with two attached hydrogens (primary N) is 1. The fourth-order valence-electron chi connectivity index (χ4n) is 2.22. The number of likely N-dealkylation sites (tertiary alicyclic amines) is 1. The average molecular weight is 317 g/mol. The van der Waals surface area contributed by atoms with E-state index in [9.17, 15) is 4.79 Å². The number of aryl methyl sites for hydroxylation is 1. The average Bonchev–Trinajstić information content (AvgIpc) is 2.58. The van der Waals surface area contributed by atoms with Gasteiger partial charge in [-0.1, -0.05) is 0 Å². The van der Waals surface area contributed by atoms with E-state index in [4.69, 9.17) is 5.73 Å². The van der Waals surface area contributed by atoms with Crippen LogP contribution in [0.2, 0.25) is 0 Å². The zero-order valence-corrected chi connectivity index (χ0v) is 12.5. The Morgan fingerprint density at radius 1 is 1.65 bits per heavy atom. The summed E-state index contributed by atoms with van der Waals surface area (Å²) in [6.45, 7) is 4.86. The Balaban J connectivity index is 2.14. The van der Waals surface area contributed by atoms with Crippen LogP contribution < -0.4 is 5.73 Å². The molecule has 17 heavy (non-hydrogen) atoms. The number of thiophene rings is 1. The van der Waals surface area contributed by atoms with Crippen LogP contribution in [0.15, 0.2) is 9.85 Å². The molecule has 1 fully saturated rings. The molecular weight excluding hydrogens is 300 g/mol. The Morgan fingerprint density at radius 3 is 2.88 bits per heavy atom. The first-order chi connectivity index (χ1) is 7.99. The van der Waals surface area contributed by atoms with Crippen molar-refractivity contribution in [2.24, 2.45) is 5.73 Å². The predicted octanol–water partition coefficient (Wildman–Crippen LogP) is 2.77. The highest BCUT2D eigenvalue weighted by Gasteiger charge is 2.28. The van der Waals surface area contributed by atoms with E-state index in [0.717, 1.165) is 33.6 Å². The standard InChI is InChI=1S/C12H17BrN2OS/c1-7-5-10(17-11(7)13)12(16)15-4-3-9(14)6-8(15)2/h5,8-9H,3-4,6,14H2,1-2H3. The van der Waals surface area contributed by atoms with Crippen LogP contribution in [0, 0.1) is 6.92 Å². The second-order valence-electron chi connectivity index (χ2n) is 4.70. The van der Waals surface area contributed by atoms with Gasteiger partial charge >= 0.3 is 0 Å². The third-order valence-electron chi connectivity index (χ3n) is 3.25. The minimum Gasteiger partial charge on any atom is -0.335 e. The normalized spacial score (nSPS) is 25.1. The van der Waals surface area contributed by atoms with Crippen LogP contribution in [-0.2, 0) is 0 Å². The molecule has 2 atom stereocenters. The second-order valence-corrected chi connectivity index (χ2v) is 7.07. The predicted molar refractivity (Wildman–Crippen MR) is 74.5 cm³/mol. The molecule has 1 aliphatic rings. The van der Waals surface area contributed by atoms with E-state index in [1.165, 1.54) is 11.3 Å². The molecule has 2 N–H and O–H groups in total. The number of carbonyl (C=O) groups is 1. The first kappa shape index (κ1) is 13.1. The van der Waals surface area contributed by atoms with E-state index >= 15 is 0 Å². The van der Waals surface area contributed by atoms with Gasteiger partial charge in [-0.25, -0.2) is 0 Å². The second kappa shape index (κ2) is 5.08. The Bertz CT molecular complexity index is 413. The summed E-state index contributed by atoms with van der Waals surface area (Å²) >= 11 is 4.97. The van der Waals surface area contributed by atoms with E-state index in [2.05, 4.69) is 22.9 Å². The zero-order valence-electron chi connectivity index (χ0n) is 10.1. The highest BCUT2D eigenvalue weighted by molar-refractivity contribution is 9.11. The number of hydrogen-bond donors (Lipinski definition) is 1. The molecule has 2 unspecified atom stereocenters. The van der Waals surface area contributed by atoms with Gasteiger partial charge in [0.15, 0.2) is 0 Å². The molecule has 0 bridgehead atoms. The molecule has 3 nitrogen and oxygen atoms in total. The largest absolute Gasteiger partial charge is 0.335 e. The zero-order chi connectivity index (χ0) is 12.6. The van der Waals surface area contributed by atoms with Crippen molar-refractivity contribution in [3.8, 4) is 0 Å². The summed E-state index contributed by atoms with van der Waals surface area (Å²) < 4.78 is 1.04. The summed E-state index contributed by atoms with van der Waals surface area (Å²) in [4.78, 5) is 15.1. The van der Waals surface area contributed by atoms with Crippen LogP contribution >= 0.6 is 27.3 Å². The lowest BCUT2D eigenvalue weighted by atomic mass is 9.99. The number of halogens is 1. The van der Waals surface area contributed by atoms with Gasteiger partial charge in [-0.15, -0.1) is 11.3 Å². The van der Waals surface area contributed by atoms with Gasteiger partial charge in [0.1, 0.15) is 0 Å². The van der Waals surface area contributed by atoms with Gasteiger partial charge in [0.2, 0.25) is 0 Å². The summed E-state index contributed by atoms with van der Waals surface area (Å²) in [6, 6.07) is 2.44. The fourth-order valence-corrected chi connectivity index (χ4v) is 3.71. The maximum atomic E-state index is 12.4. The lowest BCUT2D eigenvalue weighted by Gasteiger charge is -2.36. The number of hydrogen-bond acceptors (Lipinski definition) is 3. The van der Waals surface area contributed by atoms with Crippen molar-refractivity contribution in [1.29, 1.82) is 0 Å². The van der Waals surface area contributed by atoms with Crippen LogP contribution in [0.4, 0.5) is 0 Å². The summed E-state index contributed by atoms with van der Waals surface area (Å²) in [5.74, 6) is 0.142. The van der Waals surface area contributed by atoms with Gasteiger partial charge < -0.3 is 10.6 Å². The van der Waals surface area contributed by atoms with Crippen LogP contribution in [0.3, 0.4) is 0 Å². The van der Waals surface area contributed by atoms with Crippen LogP contribution in [-0.4, -0.2) is 29.4 Å². The van der Waals surface area contributed by atoms with Crippen LogP contribution in [0.25, 0.3) is 0 Å². The van der Waals surface area contributed by atoms with Crippen molar-refractivity contribution < 1.29 is 4.79 Å². The maximum absolute atomic E-state index is 12.4. The summed E-state index contributed by atoms with van der Waals surface area (Å²) in [5.41, 5.74) is 7.04. The summed E-state index contributed by atoms with van der Waals surface area (Å²) in [6.07, 6.45) is 1.80. The van der Waals surface area contributed by atoms with Crippen molar-refractivity contribution in [3.05, 3.63) is 20.3 Å². The Morgan fingerprint density at radius 2 is 2.35 bits per heavy atom. The molecule has 0 radical (unpaired) electrons. The van der Waals surface area contributed by atoms with Gasteiger partial charge in [0.05, 0.1) is 8.66 Å². The molecule has 1 aromatic rings. The van der Waals surface area contributed by atoms with Crippen molar-refractivity contribution >= 4 is 33.2 Å². The van der Waals surface area contributed by atoms with Gasteiger partial charge in [0, 0.05) is 18.6 Å². The van der Waals surface area contributed by atoms with E-state index in [-0.39, 0.29) is 18.0 Å². The lowest BCUT2D eigenvalue weighted by molar-refractivity contribution is 0.0624. The summed E-state index contributed by atoms with van der Waals surface area (Å²) in [5, 5.41) is 0. The molecule has 2 heterocycles. The Labute approximate surface area is 114 Å². The van der Waals surface area contributed by atoms with Crippen molar-refractivity contribution in [3.63, 3.8) is 0 Å². The number of amides is 1. The number of piperidine rings is 1. The summed E-state index contributed by atoms with van der Waals surface area (Å²) in [7, 11) is 0. The Hall–Kier alpha value is -0.390. The fraction of sp³-hybridized carbons (Fsp3) is 0.583. The third kappa shape index (κ3) is 2.72. The van der Waals surface area contributed by atoms with Crippen LogP contribution in [0.1, 0.15) is 35.0 Å². The molecule has 2 rings (SSSR count).